The topological polar surface area (TPSA) is 77.8 Å². The van der Waals surface area contributed by atoms with Crippen LogP contribution in [0.25, 0.3) is 0 Å². The van der Waals surface area contributed by atoms with E-state index in [2.05, 4.69) is 21.7 Å². The molecule has 2 rings (SSSR count). The van der Waals surface area contributed by atoms with Crippen LogP contribution in [0.2, 0.25) is 0 Å². The van der Waals surface area contributed by atoms with Crippen LogP contribution < -0.4 is 10.6 Å². The fourth-order valence-electron chi connectivity index (χ4n) is 2.23. The van der Waals surface area contributed by atoms with Crippen molar-refractivity contribution in [3.8, 4) is 6.07 Å². The van der Waals surface area contributed by atoms with Gasteiger partial charge in [-0.25, -0.2) is 4.98 Å². The lowest BCUT2D eigenvalue weighted by atomic mass is 9.91. The van der Waals surface area contributed by atoms with Gasteiger partial charge >= 0.3 is 0 Å². The Morgan fingerprint density at radius 2 is 2.25 bits per heavy atom. The second-order valence-corrected chi connectivity index (χ2v) is 7.05. The van der Waals surface area contributed by atoms with Crippen LogP contribution in [0.3, 0.4) is 0 Å². The van der Waals surface area contributed by atoms with Gasteiger partial charge in [-0.1, -0.05) is 38.5 Å². The quantitative estimate of drug-likeness (QED) is 0.877. The number of anilines is 1. The van der Waals surface area contributed by atoms with Crippen molar-refractivity contribution in [1.82, 2.24) is 10.3 Å². The van der Waals surface area contributed by atoms with Crippen LogP contribution in [0.1, 0.15) is 50.6 Å². The summed E-state index contributed by atoms with van der Waals surface area (Å²) in [7, 11) is 0. The molecule has 1 amide bonds. The predicted octanol–water partition coefficient (Wildman–Crippen LogP) is 2.39. The van der Waals surface area contributed by atoms with Gasteiger partial charge in [0.2, 0.25) is 5.91 Å². The minimum absolute atomic E-state index is 0.0524. The van der Waals surface area contributed by atoms with Gasteiger partial charge in [0.05, 0.1) is 11.7 Å². The van der Waals surface area contributed by atoms with Crippen molar-refractivity contribution in [2.75, 3.05) is 11.9 Å². The highest BCUT2D eigenvalue weighted by Gasteiger charge is 2.26. The highest BCUT2D eigenvalue weighted by molar-refractivity contribution is 7.16. The molecule has 0 spiro atoms. The summed E-state index contributed by atoms with van der Waals surface area (Å²) in [5, 5.41) is 15.7. The number of thiazole rings is 1. The third-order valence-corrected chi connectivity index (χ3v) is 4.17. The maximum absolute atomic E-state index is 12.1. The number of piperidine rings is 1. The predicted molar refractivity (Wildman–Crippen MR) is 79.8 cm³/mol. The Hall–Kier alpha value is -1.45. The van der Waals surface area contributed by atoms with E-state index in [-0.39, 0.29) is 17.4 Å². The van der Waals surface area contributed by atoms with E-state index in [1.165, 1.54) is 11.3 Å². The van der Waals surface area contributed by atoms with E-state index in [9.17, 15) is 10.1 Å². The van der Waals surface area contributed by atoms with E-state index in [1.54, 1.807) is 0 Å². The average molecular weight is 292 g/mol. The van der Waals surface area contributed by atoms with Crippen molar-refractivity contribution in [1.29, 1.82) is 5.26 Å². The van der Waals surface area contributed by atoms with Crippen molar-refractivity contribution >= 4 is 22.4 Å². The first kappa shape index (κ1) is 14.9. The molecule has 0 bridgehead atoms. The normalized spacial score (nSPS) is 19.4. The Labute approximate surface area is 123 Å². The Balaban J connectivity index is 2.12. The van der Waals surface area contributed by atoms with E-state index in [0.717, 1.165) is 31.5 Å². The molecule has 1 aromatic rings. The molecule has 1 fully saturated rings. The van der Waals surface area contributed by atoms with Crippen LogP contribution in [0, 0.1) is 11.3 Å². The van der Waals surface area contributed by atoms with Crippen LogP contribution in [0.15, 0.2) is 0 Å². The Kier molecular flexibility index (Phi) is 4.41. The third kappa shape index (κ3) is 3.35. The lowest BCUT2D eigenvalue weighted by Crippen LogP contribution is -2.43. The molecule has 0 aromatic carbocycles. The summed E-state index contributed by atoms with van der Waals surface area (Å²) >= 11 is 1.25. The Morgan fingerprint density at radius 1 is 1.50 bits per heavy atom. The molecule has 2 N–H and O–H groups in total. The number of rotatable bonds is 2. The molecule has 1 aliphatic heterocycles. The smallest absolute Gasteiger partial charge is 0.243 e. The number of hydrogen-bond donors (Lipinski definition) is 2. The molecule has 1 aromatic heterocycles. The monoisotopic (exact) mass is 292 g/mol. The Bertz CT molecular complexity index is 532. The number of hydrogen-bond acceptors (Lipinski definition) is 5. The lowest BCUT2D eigenvalue weighted by Gasteiger charge is -2.21. The van der Waals surface area contributed by atoms with E-state index in [4.69, 9.17) is 0 Å². The van der Waals surface area contributed by atoms with Gasteiger partial charge in [-0.2, -0.15) is 5.26 Å². The van der Waals surface area contributed by atoms with Crippen LogP contribution in [0.5, 0.6) is 0 Å². The van der Waals surface area contributed by atoms with Crippen molar-refractivity contribution in [2.24, 2.45) is 0 Å². The molecule has 1 atom stereocenters. The summed E-state index contributed by atoms with van der Waals surface area (Å²) in [5.74, 6) is -0.0524. The number of aromatic nitrogens is 1. The SMILES string of the molecule is CC(C)(C)c1nc(NC(=O)[C@@H]2CCCCN2)sc1C#N. The maximum atomic E-state index is 12.1. The largest absolute Gasteiger partial charge is 0.306 e. The molecule has 20 heavy (non-hydrogen) atoms. The van der Waals surface area contributed by atoms with Crippen LogP contribution in [-0.4, -0.2) is 23.5 Å². The van der Waals surface area contributed by atoms with Gasteiger partial charge in [0, 0.05) is 5.41 Å². The first-order chi connectivity index (χ1) is 9.41. The zero-order chi connectivity index (χ0) is 14.8. The van der Waals surface area contributed by atoms with Crippen LogP contribution >= 0.6 is 11.3 Å². The van der Waals surface area contributed by atoms with Gasteiger partial charge in [0.25, 0.3) is 0 Å². The minimum atomic E-state index is -0.201. The van der Waals surface area contributed by atoms with Gasteiger partial charge in [-0.05, 0) is 19.4 Å². The summed E-state index contributed by atoms with van der Waals surface area (Å²) in [5.41, 5.74) is 0.546. The van der Waals surface area contributed by atoms with Crippen molar-refractivity contribution in [3.05, 3.63) is 10.6 Å². The fourth-order valence-corrected chi connectivity index (χ4v) is 3.20. The molecule has 5 nitrogen and oxygen atoms in total. The highest BCUT2D eigenvalue weighted by atomic mass is 32.1. The molecule has 6 heteroatoms. The van der Waals surface area contributed by atoms with E-state index < -0.39 is 0 Å². The minimum Gasteiger partial charge on any atom is -0.306 e. The first-order valence-electron chi connectivity index (χ1n) is 6.87. The van der Waals surface area contributed by atoms with Gasteiger partial charge < -0.3 is 10.6 Å². The molecular formula is C14H20N4OS. The van der Waals surface area contributed by atoms with Crippen molar-refractivity contribution in [2.45, 2.75) is 51.5 Å². The number of nitrogens with one attached hydrogen (secondary N) is 2. The van der Waals surface area contributed by atoms with Gasteiger partial charge in [-0.15, -0.1) is 0 Å². The molecular weight excluding hydrogens is 272 g/mol. The van der Waals surface area contributed by atoms with Crippen molar-refractivity contribution < 1.29 is 4.79 Å². The first-order valence-corrected chi connectivity index (χ1v) is 7.69. The molecule has 0 radical (unpaired) electrons. The van der Waals surface area contributed by atoms with Crippen LogP contribution in [0.4, 0.5) is 5.13 Å². The average Bonchev–Trinajstić information content (AvgIpc) is 2.83. The summed E-state index contributed by atoms with van der Waals surface area (Å²) < 4.78 is 0. The van der Waals surface area contributed by atoms with E-state index >= 15 is 0 Å². The lowest BCUT2D eigenvalue weighted by molar-refractivity contribution is -0.118. The fraction of sp³-hybridized carbons (Fsp3) is 0.643. The van der Waals surface area contributed by atoms with Gasteiger partial charge in [0.1, 0.15) is 10.9 Å². The summed E-state index contributed by atoms with van der Waals surface area (Å²) in [6, 6.07) is 2.02. The molecule has 2 heterocycles. The van der Waals surface area contributed by atoms with E-state index in [1.807, 2.05) is 20.8 Å². The molecule has 0 unspecified atom stereocenters. The number of carbonyl (C=O) groups excluding carboxylic acids is 1. The molecule has 108 valence electrons. The highest BCUT2D eigenvalue weighted by Crippen LogP contribution is 2.31. The van der Waals surface area contributed by atoms with Crippen LogP contribution in [-0.2, 0) is 10.2 Å². The summed E-state index contributed by atoms with van der Waals surface area (Å²) in [4.78, 5) is 17.1. The summed E-state index contributed by atoms with van der Waals surface area (Å²) in [6.45, 7) is 6.91. The zero-order valence-electron chi connectivity index (χ0n) is 12.1. The summed E-state index contributed by atoms with van der Waals surface area (Å²) in [6.07, 6.45) is 3.04. The molecule has 1 saturated heterocycles. The zero-order valence-corrected chi connectivity index (χ0v) is 12.9. The molecule has 0 aliphatic carbocycles. The number of nitrogens with zero attached hydrogens (tertiary/aromatic N) is 2. The Morgan fingerprint density at radius 3 is 2.75 bits per heavy atom. The van der Waals surface area contributed by atoms with Gasteiger partial charge in [0.15, 0.2) is 5.13 Å². The van der Waals surface area contributed by atoms with Crippen molar-refractivity contribution in [3.63, 3.8) is 0 Å². The maximum Gasteiger partial charge on any atom is 0.243 e. The second kappa shape index (κ2) is 5.90. The van der Waals surface area contributed by atoms with E-state index in [0.29, 0.717) is 10.0 Å². The second-order valence-electron chi connectivity index (χ2n) is 6.05. The third-order valence-electron chi connectivity index (χ3n) is 3.30. The number of carbonyl (C=O) groups is 1. The molecule has 1 aliphatic rings. The van der Waals surface area contributed by atoms with Gasteiger partial charge in [-0.3, -0.25) is 4.79 Å². The number of nitriles is 1. The number of amides is 1. The molecule has 0 saturated carbocycles. The standard InChI is InChI=1S/C14H20N4OS/c1-14(2,3)11-10(8-15)20-13(17-11)18-12(19)9-6-4-5-7-16-9/h9,16H,4-7H2,1-3H3,(H,17,18,19)/t9-/m0/s1.